The average Bonchev–Trinajstić information content (AvgIpc) is 2.36. The molecule has 2 aromatic carbocycles. The summed E-state index contributed by atoms with van der Waals surface area (Å²) in [7, 11) is 0. The zero-order valence-corrected chi connectivity index (χ0v) is 11.4. The van der Waals surface area contributed by atoms with Gasteiger partial charge in [0.05, 0.1) is 0 Å². The Kier molecular flexibility index (Phi) is 4.68. The van der Waals surface area contributed by atoms with Crippen molar-refractivity contribution in [2.24, 2.45) is 0 Å². The summed E-state index contributed by atoms with van der Waals surface area (Å²) in [5.41, 5.74) is 13.8. The molecule has 0 radical (unpaired) electrons. The number of thioether (sulfide) groups is 1. The van der Waals surface area contributed by atoms with Gasteiger partial charge in [0.25, 0.3) is 0 Å². The lowest BCUT2D eigenvalue weighted by Crippen LogP contribution is -1.91. The number of hydrogen-bond donors (Lipinski definition) is 2. The van der Waals surface area contributed by atoms with Crippen molar-refractivity contribution < 1.29 is 4.39 Å². The zero-order chi connectivity index (χ0) is 13.7. The second-order valence-corrected chi connectivity index (χ2v) is 5.58. The quantitative estimate of drug-likeness (QED) is 0.497. The van der Waals surface area contributed by atoms with Gasteiger partial charge in [-0.05, 0) is 54.5 Å². The maximum Gasteiger partial charge on any atom is 0.126 e. The smallest absolute Gasteiger partial charge is 0.126 e. The zero-order valence-electron chi connectivity index (χ0n) is 10.6. The fraction of sp³-hybridized carbons (Fsp3) is 0.200. The molecule has 2 nitrogen and oxygen atoms in total. The molecule has 100 valence electrons. The van der Waals surface area contributed by atoms with Crippen LogP contribution in [0.15, 0.2) is 47.4 Å². The van der Waals surface area contributed by atoms with Crippen LogP contribution >= 0.6 is 11.8 Å². The molecule has 4 heteroatoms. The van der Waals surface area contributed by atoms with Crippen LogP contribution in [0.3, 0.4) is 0 Å². The third-order valence-corrected chi connectivity index (χ3v) is 3.81. The fourth-order valence-corrected chi connectivity index (χ4v) is 2.76. The average molecular weight is 276 g/mol. The number of benzene rings is 2. The first kappa shape index (κ1) is 13.7. The molecule has 19 heavy (non-hydrogen) atoms. The van der Waals surface area contributed by atoms with E-state index in [-0.39, 0.29) is 5.82 Å². The molecular formula is C15H17FN2S. The molecule has 2 rings (SSSR count). The molecule has 0 spiro atoms. The molecule has 0 unspecified atom stereocenters. The van der Waals surface area contributed by atoms with Crippen LogP contribution in [0, 0.1) is 5.82 Å². The lowest BCUT2D eigenvalue weighted by Gasteiger charge is -2.04. The Labute approximate surface area is 117 Å². The Hall–Kier alpha value is -1.68. The molecular weight excluding hydrogens is 259 g/mol. The summed E-state index contributed by atoms with van der Waals surface area (Å²) < 4.78 is 13.1. The first-order valence-corrected chi connectivity index (χ1v) is 7.15. The van der Waals surface area contributed by atoms with Crippen LogP contribution < -0.4 is 11.5 Å². The minimum atomic E-state index is -0.277. The number of aryl methyl sites for hydroxylation is 1. The van der Waals surface area contributed by atoms with Gasteiger partial charge >= 0.3 is 0 Å². The van der Waals surface area contributed by atoms with Crippen LogP contribution in [0.5, 0.6) is 0 Å². The Morgan fingerprint density at radius 1 is 0.947 bits per heavy atom. The largest absolute Gasteiger partial charge is 0.399 e. The van der Waals surface area contributed by atoms with Gasteiger partial charge in [-0.2, -0.15) is 0 Å². The SMILES string of the molecule is Nc1ccc(CCCSc2cc(N)cc(F)c2)cc1. The van der Waals surface area contributed by atoms with Crippen LogP contribution in [0.25, 0.3) is 0 Å². The summed E-state index contributed by atoms with van der Waals surface area (Å²) in [6, 6.07) is 12.6. The normalized spacial score (nSPS) is 10.6. The Bertz CT molecular complexity index is 520. The van der Waals surface area contributed by atoms with Crippen LogP contribution in [0.1, 0.15) is 12.0 Å². The molecule has 0 aliphatic carbocycles. The highest BCUT2D eigenvalue weighted by molar-refractivity contribution is 7.99. The van der Waals surface area contributed by atoms with Gasteiger partial charge in [0.2, 0.25) is 0 Å². The van der Waals surface area contributed by atoms with Crippen LogP contribution in [-0.4, -0.2) is 5.75 Å². The minimum absolute atomic E-state index is 0.277. The summed E-state index contributed by atoms with van der Waals surface area (Å²) in [5, 5.41) is 0. The predicted molar refractivity (Wildman–Crippen MR) is 80.7 cm³/mol. The van der Waals surface area contributed by atoms with Crippen LogP contribution in [0.2, 0.25) is 0 Å². The minimum Gasteiger partial charge on any atom is -0.399 e. The first-order chi connectivity index (χ1) is 9.13. The Morgan fingerprint density at radius 3 is 2.37 bits per heavy atom. The van der Waals surface area contributed by atoms with Crippen molar-refractivity contribution in [2.75, 3.05) is 17.2 Å². The van der Waals surface area contributed by atoms with E-state index in [0.717, 1.165) is 29.2 Å². The van der Waals surface area contributed by atoms with E-state index in [2.05, 4.69) is 0 Å². The van der Waals surface area contributed by atoms with Crippen molar-refractivity contribution in [1.29, 1.82) is 0 Å². The number of hydrogen-bond acceptors (Lipinski definition) is 3. The molecule has 0 saturated heterocycles. The van der Waals surface area contributed by atoms with Gasteiger partial charge in [-0.3, -0.25) is 0 Å². The highest BCUT2D eigenvalue weighted by Crippen LogP contribution is 2.23. The van der Waals surface area contributed by atoms with Crippen LogP contribution in [-0.2, 0) is 6.42 Å². The second-order valence-electron chi connectivity index (χ2n) is 4.41. The summed E-state index contributed by atoms with van der Waals surface area (Å²) >= 11 is 1.63. The van der Waals surface area contributed by atoms with Gasteiger partial charge in [-0.1, -0.05) is 12.1 Å². The van der Waals surface area contributed by atoms with E-state index in [4.69, 9.17) is 11.5 Å². The number of anilines is 2. The van der Waals surface area contributed by atoms with E-state index >= 15 is 0 Å². The third kappa shape index (κ3) is 4.48. The van der Waals surface area contributed by atoms with E-state index in [1.54, 1.807) is 17.8 Å². The van der Waals surface area contributed by atoms with Crippen molar-refractivity contribution in [3.8, 4) is 0 Å². The summed E-state index contributed by atoms with van der Waals surface area (Å²) in [5.74, 6) is 0.661. The van der Waals surface area contributed by atoms with Gasteiger partial charge in [0.1, 0.15) is 5.82 Å². The number of nitrogens with two attached hydrogens (primary N) is 2. The Morgan fingerprint density at radius 2 is 1.68 bits per heavy atom. The highest BCUT2D eigenvalue weighted by atomic mass is 32.2. The number of rotatable bonds is 5. The lowest BCUT2D eigenvalue weighted by molar-refractivity contribution is 0.625. The number of halogens is 1. The molecule has 0 amide bonds. The first-order valence-electron chi connectivity index (χ1n) is 6.17. The topological polar surface area (TPSA) is 52.0 Å². The van der Waals surface area contributed by atoms with E-state index in [9.17, 15) is 4.39 Å². The molecule has 0 aliphatic rings. The highest BCUT2D eigenvalue weighted by Gasteiger charge is 2.00. The van der Waals surface area contributed by atoms with Gasteiger partial charge in [0.15, 0.2) is 0 Å². The summed E-state index contributed by atoms with van der Waals surface area (Å²) in [4.78, 5) is 0.884. The molecule has 0 bridgehead atoms. The number of nitrogen functional groups attached to an aromatic ring is 2. The molecule has 4 N–H and O–H groups in total. The summed E-state index contributed by atoms with van der Waals surface area (Å²) in [6.07, 6.45) is 2.03. The maximum absolute atomic E-state index is 13.1. The van der Waals surface area contributed by atoms with Crippen molar-refractivity contribution in [3.63, 3.8) is 0 Å². The van der Waals surface area contributed by atoms with Crippen molar-refractivity contribution in [1.82, 2.24) is 0 Å². The van der Waals surface area contributed by atoms with Crippen molar-refractivity contribution in [3.05, 3.63) is 53.8 Å². The molecule has 0 saturated carbocycles. The van der Waals surface area contributed by atoms with Crippen molar-refractivity contribution >= 4 is 23.1 Å². The molecule has 0 aromatic heterocycles. The van der Waals surface area contributed by atoms with E-state index in [0.29, 0.717) is 5.69 Å². The molecule has 0 atom stereocenters. The monoisotopic (exact) mass is 276 g/mol. The summed E-state index contributed by atoms with van der Waals surface area (Å²) in [6.45, 7) is 0. The lowest BCUT2D eigenvalue weighted by atomic mass is 10.1. The van der Waals surface area contributed by atoms with Crippen molar-refractivity contribution in [2.45, 2.75) is 17.7 Å². The molecule has 2 aromatic rings. The standard InChI is InChI=1S/C15H17FN2S/c16-12-8-14(18)10-15(9-12)19-7-1-2-11-3-5-13(17)6-4-11/h3-6,8-10H,1-2,7,17-18H2. The van der Waals surface area contributed by atoms with E-state index < -0.39 is 0 Å². The van der Waals surface area contributed by atoms with E-state index in [1.807, 2.05) is 24.3 Å². The van der Waals surface area contributed by atoms with Gasteiger partial charge in [-0.15, -0.1) is 11.8 Å². The molecule has 0 fully saturated rings. The maximum atomic E-state index is 13.1. The third-order valence-electron chi connectivity index (χ3n) is 2.75. The fourth-order valence-electron chi connectivity index (χ4n) is 1.82. The van der Waals surface area contributed by atoms with E-state index in [1.165, 1.54) is 17.7 Å². The molecule has 0 aliphatic heterocycles. The van der Waals surface area contributed by atoms with Gasteiger partial charge < -0.3 is 11.5 Å². The second kappa shape index (κ2) is 6.48. The van der Waals surface area contributed by atoms with Gasteiger partial charge in [0, 0.05) is 16.3 Å². The Balaban J connectivity index is 1.79. The van der Waals surface area contributed by atoms with Crippen LogP contribution in [0.4, 0.5) is 15.8 Å². The molecule has 0 heterocycles. The van der Waals surface area contributed by atoms with Gasteiger partial charge in [-0.25, -0.2) is 4.39 Å². The predicted octanol–water partition coefficient (Wildman–Crippen LogP) is 3.72.